The van der Waals surface area contributed by atoms with E-state index >= 15 is 0 Å². The number of Topliss-reactive ketones (excluding diaryl/α,β-unsaturated/α-hetero) is 1. The van der Waals surface area contributed by atoms with Crippen molar-refractivity contribution in [3.8, 4) is 0 Å². The van der Waals surface area contributed by atoms with Crippen LogP contribution in [0.3, 0.4) is 0 Å². The van der Waals surface area contributed by atoms with Crippen LogP contribution in [0.15, 0.2) is 0 Å². The normalized spacial score (nSPS) is 15.1. The van der Waals surface area contributed by atoms with Crippen molar-refractivity contribution in [1.82, 2.24) is 5.48 Å². The third kappa shape index (κ3) is 5.81. The Morgan fingerprint density at radius 3 is 2.38 bits per heavy atom. The van der Waals surface area contributed by atoms with Crippen molar-refractivity contribution in [2.24, 2.45) is 5.73 Å². The molecule has 0 saturated carbocycles. The Hall–Kier alpha value is -0.360. The van der Waals surface area contributed by atoms with E-state index < -0.39 is 6.04 Å². The highest BCUT2D eigenvalue weighted by Crippen LogP contribution is 2.03. The summed E-state index contributed by atoms with van der Waals surface area (Å²) in [5.74, 6) is -0.0102. The van der Waals surface area contributed by atoms with Crippen LogP contribution in [0.4, 0.5) is 0 Å². The summed E-state index contributed by atoms with van der Waals surface area (Å²) in [6, 6.07) is -0.721. The molecule has 0 rings (SSSR count). The fourth-order valence-corrected chi connectivity index (χ4v) is 1.27. The van der Waals surface area contributed by atoms with E-state index in [0.717, 1.165) is 4.86 Å². The molecule has 2 unspecified atom stereocenters. The van der Waals surface area contributed by atoms with Crippen LogP contribution in [0.5, 0.6) is 0 Å². The molecule has 0 aromatic rings. The zero-order valence-electron chi connectivity index (χ0n) is 7.91. The molecule has 0 bridgehead atoms. The number of carbonyl (C=O) groups is 1. The van der Waals surface area contributed by atoms with Gasteiger partial charge in [-0.15, -0.1) is 0 Å². The molecule has 0 aliphatic carbocycles. The van der Waals surface area contributed by atoms with E-state index in [-0.39, 0.29) is 18.2 Å². The van der Waals surface area contributed by atoms with Gasteiger partial charge in [0, 0.05) is 12.5 Å². The highest BCUT2D eigenvalue weighted by Gasteiger charge is 2.18. The third-order valence-electron chi connectivity index (χ3n) is 1.71. The van der Waals surface area contributed by atoms with Gasteiger partial charge in [0.1, 0.15) is 5.78 Å². The van der Waals surface area contributed by atoms with Gasteiger partial charge >= 0.3 is 0 Å². The number of hydrogen-bond acceptors (Lipinski definition) is 5. The number of hydroxylamine groups is 1. The predicted octanol–water partition coefficient (Wildman–Crippen LogP) is 0.420. The highest BCUT2D eigenvalue weighted by molar-refractivity contribution is 7.80. The van der Waals surface area contributed by atoms with Crippen molar-refractivity contribution in [2.45, 2.75) is 38.8 Å². The lowest BCUT2D eigenvalue weighted by Gasteiger charge is -2.20. The van der Waals surface area contributed by atoms with E-state index in [1.165, 1.54) is 6.92 Å². The molecule has 0 amide bonds. The first-order chi connectivity index (χ1) is 5.97. The average Bonchev–Trinajstić information content (AvgIpc) is 1.98. The lowest BCUT2D eigenvalue weighted by molar-refractivity contribution is -0.118. The third-order valence-corrected chi connectivity index (χ3v) is 1.88. The summed E-state index contributed by atoms with van der Waals surface area (Å²) in [5.41, 5.74) is 7.75. The molecule has 5 heteroatoms. The van der Waals surface area contributed by atoms with Crippen LogP contribution in [0, 0.1) is 0 Å². The molecule has 0 heterocycles. The van der Waals surface area contributed by atoms with Crippen LogP contribution in [0.2, 0.25) is 0 Å². The molecule has 0 radical (unpaired) electrons. The Kier molecular flexibility index (Phi) is 5.98. The first-order valence-corrected chi connectivity index (χ1v) is 4.52. The molecule has 13 heavy (non-hydrogen) atoms. The lowest BCUT2D eigenvalue weighted by atomic mass is 10.0. The van der Waals surface area contributed by atoms with Crippen LogP contribution in [0.1, 0.15) is 26.7 Å². The van der Waals surface area contributed by atoms with E-state index in [2.05, 4.69) is 0 Å². The molecule has 0 saturated heterocycles. The molecule has 4 N–H and O–H groups in total. The second kappa shape index (κ2) is 6.15. The van der Waals surface area contributed by atoms with E-state index in [0.29, 0.717) is 6.42 Å². The molecule has 0 aliphatic heterocycles. The molecule has 4 nitrogen and oxygen atoms in total. The van der Waals surface area contributed by atoms with E-state index in [4.69, 9.17) is 23.2 Å². The second-order valence-electron chi connectivity index (χ2n) is 3.21. The van der Waals surface area contributed by atoms with E-state index in [9.17, 15) is 4.79 Å². The van der Waals surface area contributed by atoms with Crippen molar-refractivity contribution in [3.63, 3.8) is 0 Å². The fraction of sp³-hybridized carbons (Fsp3) is 0.750. The van der Waals surface area contributed by atoms with Crippen molar-refractivity contribution < 1.29 is 10.0 Å². The Morgan fingerprint density at radius 1 is 1.54 bits per heavy atom. The number of thiocarbonyl (C=S) groups is 1. The molecule has 0 aromatic carbocycles. The van der Waals surface area contributed by atoms with Gasteiger partial charge in [0.25, 0.3) is 0 Å². The lowest BCUT2D eigenvalue weighted by Crippen LogP contribution is -2.45. The molecule has 0 spiro atoms. The maximum atomic E-state index is 10.8. The number of ketones is 1. The minimum atomic E-state index is -0.407. The standard InChI is InChI=1S/C8H16N2O2S/c1-5(11)3-8(10-12)7(9)4-6(2)13/h7-8,10,12H,3-4,9H2,1-2H3. The van der Waals surface area contributed by atoms with Gasteiger partial charge in [-0.05, 0) is 25.1 Å². The van der Waals surface area contributed by atoms with E-state index in [1.54, 1.807) is 6.92 Å². The number of carbonyl (C=O) groups excluding carboxylic acids is 1. The summed E-state index contributed by atoms with van der Waals surface area (Å²) >= 11 is 4.88. The summed E-state index contributed by atoms with van der Waals surface area (Å²) in [6.45, 7) is 3.25. The van der Waals surface area contributed by atoms with Gasteiger partial charge in [-0.2, -0.15) is 0 Å². The van der Waals surface area contributed by atoms with Gasteiger partial charge in [0.15, 0.2) is 0 Å². The summed E-state index contributed by atoms with van der Waals surface area (Å²) in [5, 5.41) is 8.73. The molecule has 2 atom stereocenters. The van der Waals surface area contributed by atoms with Crippen molar-refractivity contribution in [3.05, 3.63) is 0 Å². The Balaban J connectivity index is 4.06. The van der Waals surface area contributed by atoms with Crippen molar-refractivity contribution in [1.29, 1.82) is 0 Å². The zero-order chi connectivity index (χ0) is 10.4. The summed E-state index contributed by atoms with van der Waals surface area (Å²) in [4.78, 5) is 11.5. The minimum Gasteiger partial charge on any atom is -0.326 e. The average molecular weight is 204 g/mol. The number of nitrogens with two attached hydrogens (primary N) is 1. The minimum absolute atomic E-state index is 0.0102. The smallest absolute Gasteiger partial charge is 0.131 e. The van der Waals surface area contributed by atoms with E-state index in [1.807, 2.05) is 5.48 Å². The number of rotatable bonds is 6. The molecular formula is C8H16N2O2S. The van der Waals surface area contributed by atoms with Crippen LogP contribution < -0.4 is 11.2 Å². The first-order valence-electron chi connectivity index (χ1n) is 4.11. The SMILES string of the molecule is CC(=O)CC(NO)C(N)CC(C)=S. The van der Waals surface area contributed by atoms with Gasteiger partial charge in [0.05, 0.1) is 6.04 Å². The molecule has 76 valence electrons. The number of nitrogens with one attached hydrogen (secondary N) is 1. The summed E-state index contributed by atoms with van der Waals surface area (Å²) < 4.78 is 0. The molecule has 0 aromatic heterocycles. The van der Waals surface area contributed by atoms with Gasteiger partial charge in [-0.25, -0.2) is 5.48 Å². The van der Waals surface area contributed by atoms with Crippen molar-refractivity contribution >= 4 is 22.9 Å². The van der Waals surface area contributed by atoms with Gasteiger partial charge in [-0.1, -0.05) is 12.2 Å². The van der Waals surface area contributed by atoms with Gasteiger partial charge in [0.2, 0.25) is 0 Å². The highest BCUT2D eigenvalue weighted by atomic mass is 32.1. The molecule has 0 aliphatic rings. The van der Waals surface area contributed by atoms with Gasteiger partial charge < -0.3 is 10.9 Å². The Bertz CT molecular complexity index is 197. The topological polar surface area (TPSA) is 75.3 Å². The Labute approximate surface area is 83.5 Å². The van der Waals surface area contributed by atoms with Crippen LogP contribution >= 0.6 is 12.2 Å². The summed E-state index contributed by atoms with van der Waals surface area (Å²) in [7, 11) is 0. The monoisotopic (exact) mass is 204 g/mol. The first kappa shape index (κ1) is 12.6. The molecular weight excluding hydrogens is 188 g/mol. The predicted molar refractivity (Wildman–Crippen MR) is 54.9 cm³/mol. The maximum Gasteiger partial charge on any atom is 0.131 e. The van der Waals surface area contributed by atoms with Crippen LogP contribution in [-0.4, -0.2) is 27.9 Å². The quantitative estimate of drug-likeness (QED) is 0.432. The fourth-order valence-electron chi connectivity index (χ4n) is 1.08. The maximum absolute atomic E-state index is 10.8. The van der Waals surface area contributed by atoms with Crippen LogP contribution in [0.25, 0.3) is 0 Å². The second-order valence-corrected chi connectivity index (χ2v) is 3.91. The largest absolute Gasteiger partial charge is 0.326 e. The van der Waals surface area contributed by atoms with Crippen LogP contribution in [-0.2, 0) is 4.79 Å². The zero-order valence-corrected chi connectivity index (χ0v) is 8.73. The molecule has 0 fully saturated rings. The van der Waals surface area contributed by atoms with Crippen molar-refractivity contribution in [2.75, 3.05) is 0 Å². The Morgan fingerprint density at radius 2 is 2.08 bits per heavy atom. The summed E-state index contributed by atoms with van der Waals surface area (Å²) in [6.07, 6.45) is 0.751. The number of hydrogen-bond donors (Lipinski definition) is 3. The van der Waals surface area contributed by atoms with Gasteiger partial charge in [-0.3, -0.25) is 4.79 Å².